The maximum absolute atomic E-state index is 11.4. The monoisotopic (exact) mass is 214 g/mol. The smallest absolute Gasteiger partial charge is 0.243 e. The third-order valence-electron chi connectivity index (χ3n) is 2.54. The molecular formula is C11H22N2O2. The second kappa shape index (κ2) is 6.80. The van der Waals surface area contributed by atoms with E-state index in [2.05, 4.69) is 24.6 Å². The highest BCUT2D eigenvalue weighted by molar-refractivity contribution is 5.75. The van der Waals surface area contributed by atoms with Crippen LogP contribution in [0.3, 0.4) is 0 Å². The van der Waals surface area contributed by atoms with Crippen molar-refractivity contribution in [3.05, 3.63) is 0 Å². The Labute approximate surface area is 91.7 Å². The molecule has 1 saturated heterocycles. The van der Waals surface area contributed by atoms with Gasteiger partial charge in [0.2, 0.25) is 5.91 Å². The molecule has 0 aromatic carbocycles. The van der Waals surface area contributed by atoms with Gasteiger partial charge in [-0.05, 0) is 37.8 Å². The minimum atomic E-state index is 0.0163. The average molecular weight is 214 g/mol. The van der Waals surface area contributed by atoms with Gasteiger partial charge in [0.25, 0.3) is 0 Å². The third kappa shape index (κ3) is 5.74. The first-order valence-corrected chi connectivity index (χ1v) is 5.80. The molecule has 0 atom stereocenters. The Bertz CT molecular complexity index is 189. The number of piperidine rings is 1. The number of rotatable bonds is 5. The lowest BCUT2D eigenvalue weighted by Gasteiger charge is -2.21. The molecule has 1 fully saturated rings. The van der Waals surface area contributed by atoms with Gasteiger partial charge in [0.1, 0.15) is 0 Å². The summed E-state index contributed by atoms with van der Waals surface area (Å²) in [4.78, 5) is 16.5. The van der Waals surface area contributed by atoms with Crippen LogP contribution in [0.2, 0.25) is 0 Å². The fraction of sp³-hybridized carbons (Fsp3) is 0.909. The second-order valence-corrected chi connectivity index (χ2v) is 4.63. The summed E-state index contributed by atoms with van der Waals surface area (Å²) in [5, 5.41) is 3.28. The average Bonchev–Trinajstić information content (AvgIpc) is 2.18. The van der Waals surface area contributed by atoms with Crippen LogP contribution in [-0.4, -0.2) is 25.6 Å². The van der Waals surface area contributed by atoms with E-state index < -0.39 is 0 Å². The minimum absolute atomic E-state index is 0.0163. The van der Waals surface area contributed by atoms with Crippen LogP contribution in [0.1, 0.15) is 33.1 Å². The molecule has 88 valence electrons. The van der Waals surface area contributed by atoms with Crippen molar-refractivity contribution in [2.24, 2.45) is 11.8 Å². The summed E-state index contributed by atoms with van der Waals surface area (Å²) in [5.41, 5.74) is 2.50. The molecule has 0 aliphatic carbocycles. The zero-order chi connectivity index (χ0) is 11.1. The molecule has 1 heterocycles. The molecule has 0 radical (unpaired) electrons. The van der Waals surface area contributed by atoms with Gasteiger partial charge in [0.05, 0.1) is 6.61 Å². The van der Waals surface area contributed by atoms with E-state index in [1.165, 1.54) is 0 Å². The van der Waals surface area contributed by atoms with Crippen LogP contribution >= 0.6 is 0 Å². The number of carbonyl (C=O) groups is 1. The summed E-state index contributed by atoms with van der Waals surface area (Å²) < 4.78 is 0. The zero-order valence-corrected chi connectivity index (χ0v) is 9.71. The highest BCUT2D eigenvalue weighted by atomic mass is 16.6. The number of hydroxylamine groups is 1. The summed E-state index contributed by atoms with van der Waals surface area (Å²) in [6.45, 7) is 6.76. The number of hydrogen-bond donors (Lipinski definition) is 2. The van der Waals surface area contributed by atoms with E-state index in [-0.39, 0.29) is 5.91 Å². The lowest BCUT2D eigenvalue weighted by Crippen LogP contribution is -2.32. The van der Waals surface area contributed by atoms with E-state index in [9.17, 15) is 4.79 Å². The van der Waals surface area contributed by atoms with Crippen LogP contribution in [0.15, 0.2) is 0 Å². The van der Waals surface area contributed by atoms with Gasteiger partial charge in [0.15, 0.2) is 0 Å². The SMILES string of the molecule is CC(C)CONC(=O)CC1CCNCC1. The van der Waals surface area contributed by atoms with E-state index in [0.29, 0.717) is 24.9 Å². The van der Waals surface area contributed by atoms with Crippen molar-refractivity contribution in [1.29, 1.82) is 0 Å². The first kappa shape index (κ1) is 12.5. The molecule has 4 heteroatoms. The summed E-state index contributed by atoms with van der Waals surface area (Å²) in [6.07, 6.45) is 2.79. The fourth-order valence-corrected chi connectivity index (χ4v) is 1.68. The molecule has 0 spiro atoms. The van der Waals surface area contributed by atoms with Crippen LogP contribution in [0.5, 0.6) is 0 Å². The van der Waals surface area contributed by atoms with Gasteiger partial charge >= 0.3 is 0 Å². The molecule has 0 aromatic rings. The summed E-state index contributed by atoms with van der Waals surface area (Å²) in [5.74, 6) is 0.987. The number of carbonyl (C=O) groups excluding carboxylic acids is 1. The molecule has 4 nitrogen and oxygen atoms in total. The van der Waals surface area contributed by atoms with Gasteiger partial charge in [-0.15, -0.1) is 0 Å². The van der Waals surface area contributed by atoms with Crippen LogP contribution < -0.4 is 10.8 Å². The van der Waals surface area contributed by atoms with Crippen molar-refractivity contribution in [2.45, 2.75) is 33.1 Å². The molecule has 0 aromatic heterocycles. The highest BCUT2D eigenvalue weighted by Gasteiger charge is 2.16. The molecule has 0 bridgehead atoms. The molecule has 1 rings (SSSR count). The third-order valence-corrected chi connectivity index (χ3v) is 2.54. The molecular weight excluding hydrogens is 192 g/mol. The quantitative estimate of drug-likeness (QED) is 0.673. The Hall–Kier alpha value is -0.610. The predicted octanol–water partition coefficient (Wildman–Crippen LogP) is 1.08. The van der Waals surface area contributed by atoms with Gasteiger partial charge in [-0.1, -0.05) is 13.8 Å². The topological polar surface area (TPSA) is 50.4 Å². The van der Waals surface area contributed by atoms with Crippen LogP contribution in [0.25, 0.3) is 0 Å². The maximum Gasteiger partial charge on any atom is 0.243 e. The molecule has 15 heavy (non-hydrogen) atoms. The lowest BCUT2D eigenvalue weighted by atomic mass is 9.94. The Morgan fingerprint density at radius 3 is 2.73 bits per heavy atom. The fourth-order valence-electron chi connectivity index (χ4n) is 1.68. The summed E-state index contributed by atoms with van der Waals surface area (Å²) in [7, 11) is 0. The zero-order valence-electron chi connectivity index (χ0n) is 9.71. The van der Waals surface area contributed by atoms with Gasteiger partial charge in [-0.25, -0.2) is 5.48 Å². The summed E-state index contributed by atoms with van der Waals surface area (Å²) >= 11 is 0. The Morgan fingerprint density at radius 1 is 1.47 bits per heavy atom. The lowest BCUT2D eigenvalue weighted by molar-refractivity contribution is -0.135. The Kier molecular flexibility index (Phi) is 5.65. The molecule has 0 unspecified atom stereocenters. The molecule has 1 aliphatic heterocycles. The van der Waals surface area contributed by atoms with E-state index >= 15 is 0 Å². The molecule has 2 N–H and O–H groups in total. The number of amides is 1. The van der Waals surface area contributed by atoms with Crippen LogP contribution in [0, 0.1) is 11.8 Å². The normalized spacial score (nSPS) is 18.1. The standard InChI is InChI=1S/C11H22N2O2/c1-9(2)8-15-13-11(14)7-10-3-5-12-6-4-10/h9-10,12H,3-8H2,1-2H3,(H,13,14). The largest absolute Gasteiger partial charge is 0.317 e. The second-order valence-electron chi connectivity index (χ2n) is 4.63. The van der Waals surface area contributed by atoms with Gasteiger partial charge < -0.3 is 5.32 Å². The van der Waals surface area contributed by atoms with Crippen molar-refractivity contribution in [1.82, 2.24) is 10.8 Å². The number of nitrogens with one attached hydrogen (secondary N) is 2. The maximum atomic E-state index is 11.4. The molecule has 0 saturated carbocycles. The Morgan fingerprint density at radius 2 is 2.13 bits per heavy atom. The van der Waals surface area contributed by atoms with Gasteiger partial charge in [-0.2, -0.15) is 0 Å². The van der Waals surface area contributed by atoms with Crippen molar-refractivity contribution in [2.75, 3.05) is 19.7 Å². The predicted molar refractivity (Wildman–Crippen MR) is 59.1 cm³/mol. The minimum Gasteiger partial charge on any atom is -0.317 e. The first-order valence-electron chi connectivity index (χ1n) is 5.80. The van der Waals surface area contributed by atoms with Crippen molar-refractivity contribution < 1.29 is 9.63 Å². The molecule has 1 aliphatic rings. The number of hydrogen-bond acceptors (Lipinski definition) is 3. The van der Waals surface area contributed by atoms with E-state index in [4.69, 9.17) is 4.84 Å². The highest BCUT2D eigenvalue weighted by Crippen LogP contribution is 2.15. The summed E-state index contributed by atoms with van der Waals surface area (Å²) in [6, 6.07) is 0. The first-order chi connectivity index (χ1) is 7.18. The van der Waals surface area contributed by atoms with E-state index in [0.717, 1.165) is 25.9 Å². The van der Waals surface area contributed by atoms with E-state index in [1.807, 2.05) is 0 Å². The van der Waals surface area contributed by atoms with Crippen molar-refractivity contribution in [3.8, 4) is 0 Å². The van der Waals surface area contributed by atoms with Gasteiger partial charge in [0, 0.05) is 6.42 Å². The van der Waals surface area contributed by atoms with Gasteiger partial charge in [-0.3, -0.25) is 9.63 Å². The van der Waals surface area contributed by atoms with Crippen LogP contribution in [0.4, 0.5) is 0 Å². The molecule has 1 amide bonds. The van der Waals surface area contributed by atoms with Crippen molar-refractivity contribution in [3.63, 3.8) is 0 Å². The Balaban J connectivity index is 2.06. The van der Waals surface area contributed by atoms with Crippen molar-refractivity contribution >= 4 is 5.91 Å². The van der Waals surface area contributed by atoms with E-state index in [1.54, 1.807) is 0 Å². The van der Waals surface area contributed by atoms with Crippen LogP contribution in [-0.2, 0) is 9.63 Å².